The van der Waals surface area contributed by atoms with Crippen LogP contribution in [0.25, 0.3) is 0 Å². The number of rotatable bonds is 6. The zero-order valence-corrected chi connectivity index (χ0v) is 11.6. The number of ether oxygens (including phenoxy) is 2. The lowest BCUT2D eigenvalue weighted by molar-refractivity contribution is -0.133. The standard InChI is InChI=1S/C12H22O3S/c1-11(2)8-9(11)15-12(3,4)10(13)16-7-6-14-5/h9H,6-8H2,1-5H3. The largest absolute Gasteiger partial charge is 0.384 e. The first kappa shape index (κ1) is 14.0. The molecule has 0 spiro atoms. The monoisotopic (exact) mass is 246 g/mol. The Morgan fingerprint density at radius 2 is 2.06 bits per heavy atom. The molecule has 0 heterocycles. The van der Waals surface area contributed by atoms with E-state index >= 15 is 0 Å². The molecule has 0 saturated heterocycles. The van der Waals surface area contributed by atoms with Gasteiger partial charge in [-0.25, -0.2) is 0 Å². The van der Waals surface area contributed by atoms with Crippen LogP contribution in [0, 0.1) is 5.41 Å². The summed E-state index contributed by atoms with van der Waals surface area (Å²) in [6.45, 7) is 8.63. The van der Waals surface area contributed by atoms with E-state index in [0.29, 0.717) is 12.4 Å². The molecule has 1 atom stereocenters. The number of hydrogen-bond acceptors (Lipinski definition) is 4. The second-order valence-electron chi connectivity index (χ2n) is 5.44. The fourth-order valence-electron chi connectivity index (χ4n) is 1.42. The lowest BCUT2D eigenvalue weighted by Gasteiger charge is -2.24. The van der Waals surface area contributed by atoms with Gasteiger partial charge in [0.1, 0.15) is 5.60 Å². The molecule has 1 unspecified atom stereocenters. The Labute approximate surface area is 102 Å². The molecule has 1 aliphatic rings. The topological polar surface area (TPSA) is 35.5 Å². The van der Waals surface area contributed by atoms with Crippen molar-refractivity contribution in [2.24, 2.45) is 5.41 Å². The van der Waals surface area contributed by atoms with Gasteiger partial charge >= 0.3 is 0 Å². The van der Waals surface area contributed by atoms with E-state index in [4.69, 9.17) is 9.47 Å². The Bertz CT molecular complexity index is 261. The first-order chi connectivity index (χ1) is 7.29. The summed E-state index contributed by atoms with van der Waals surface area (Å²) in [6, 6.07) is 0. The highest BCUT2D eigenvalue weighted by molar-refractivity contribution is 8.13. The maximum Gasteiger partial charge on any atom is 0.220 e. The van der Waals surface area contributed by atoms with Crippen LogP contribution < -0.4 is 0 Å². The molecule has 3 nitrogen and oxygen atoms in total. The van der Waals surface area contributed by atoms with Gasteiger partial charge in [0.25, 0.3) is 0 Å². The molecule has 0 N–H and O–H groups in total. The van der Waals surface area contributed by atoms with Gasteiger partial charge in [-0.1, -0.05) is 25.6 Å². The van der Waals surface area contributed by atoms with E-state index in [1.54, 1.807) is 7.11 Å². The van der Waals surface area contributed by atoms with Gasteiger partial charge in [0.05, 0.1) is 12.7 Å². The molecule has 0 aromatic carbocycles. The highest BCUT2D eigenvalue weighted by atomic mass is 32.2. The second-order valence-corrected chi connectivity index (χ2v) is 6.51. The first-order valence-electron chi connectivity index (χ1n) is 5.63. The predicted molar refractivity (Wildman–Crippen MR) is 66.7 cm³/mol. The lowest BCUT2D eigenvalue weighted by Crippen LogP contribution is -2.35. The van der Waals surface area contributed by atoms with Crippen molar-refractivity contribution < 1.29 is 14.3 Å². The van der Waals surface area contributed by atoms with E-state index < -0.39 is 5.60 Å². The van der Waals surface area contributed by atoms with Crippen LogP contribution in [0.15, 0.2) is 0 Å². The summed E-state index contributed by atoms with van der Waals surface area (Å²) >= 11 is 1.29. The summed E-state index contributed by atoms with van der Waals surface area (Å²) in [5, 5.41) is 0.0900. The Hall–Kier alpha value is -0.0600. The minimum absolute atomic E-state index is 0.0900. The van der Waals surface area contributed by atoms with Crippen LogP contribution in [0.1, 0.15) is 34.1 Å². The van der Waals surface area contributed by atoms with Crippen LogP contribution in [0.4, 0.5) is 0 Å². The molecule has 0 aromatic rings. The average Bonchev–Trinajstić information content (AvgIpc) is 2.72. The van der Waals surface area contributed by atoms with Gasteiger partial charge in [-0.15, -0.1) is 0 Å². The average molecular weight is 246 g/mol. The van der Waals surface area contributed by atoms with Crippen molar-refractivity contribution in [3.05, 3.63) is 0 Å². The van der Waals surface area contributed by atoms with Gasteiger partial charge in [-0.05, 0) is 25.7 Å². The molecular formula is C12H22O3S. The van der Waals surface area contributed by atoms with Crippen LogP contribution in [-0.2, 0) is 14.3 Å². The summed E-state index contributed by atoms with van der Waals surface area (Å²) in [5.74, 6) is 0.691. The SMILES string of the molecule is COCCSC(=O)C(C)(C)OC1CC1(C)C. The fraction of sp³-hybridized carbons (Fsp3) is 0.917. The number of methoxy groups -OCH3 is 1. The third-order valence-electron chi connectivity index (χ3n) is 2.87. The van der Waals surface area contributed by atoms with Crippen LogP contribution in [0.3, 0.4) is 0 Å². The van der Waals surface area contributed by atoms with Crippen LogP contribution >= 0.6 is 11.8 Å². The van der Waals surface area contributed by atoms with Crippen LogP contribution in [0.5, 0.6) is 0 Å². The maximum absolute atomic E-state index is 11.9. The summed E-state index contributed by atoms with van der Waals surface area (Å²) < 4.78 is 10.8. The van der Waals surface area contributed by atoms with Gasteiger partial charge in [0.15, 0.2) is 0 Å². The zero-order valence-electron chi connectivity index (χ0n) is 10.8. The Kier molecular flexibility index (Phi) is 4.43. The van der Waals surface area contributed by atoms with Gasteiger partial charge in [0, 0.05) is 12.9 Å². The molecule has 0 bridgehead atoms. The summed E-state index contributed by atoms with van der Waals surface area (Å²) in [4.78, 5) is 11.9. The van der Waals surface area contributed by atoms with Crippen molar-refractivity contribution in [2.75, 3.05) is 19.5 Å². The third-order valence-corrected chi connectivity index (χ3v) is 4.00. The van der Waals surface area contributed by atoms with E-state index in [9.17, 15) is 4.79 Å². The van der Waals surface area contributed by atoms with Crippen molar-refractivity contribution in [2.45, 2.75) is 45.8 Å². The van der Waals surface area contributed by atoms with Crippen LogP contribution in [0.2, 0.25) is 0 Å². The molecule has 16 heavy (non-hydrogen) atoms. The Morgan fingerprint density at radius 1 is 1.50 bits per heavy atom. The predicted octanol–water partition coefficient (Wildman–Crippen LogP) is 2.49. The van der Waals surface area contributed by atoms with Gasteiger partial charge < -0.3 is 9.47 Å². The molecule has 94 valence electrons. The van der Waals surface area contributed by atoms with E-state index in [-0.39, 0.29) is 16.6 Å². The minimum atomic E-state index is -0.684. The highest BCUT2D eigenvalue weighted by Gasteiger charge is 2.50. The third kappa shape index (κ3) is 3.75. The van der Waals surface area contributed by atoms with Gasteiger partial charge in [-0.2, -0.15) is 0 Å². The number of carbonyl (C=O) groups excluding carboxylic acids is 1. The van der Waals surface area contributed by atoms with E-state index in [1.807, 2.05) is 13.8 Å². The maximum atomic E-state index is 11.9. The molecular weight excluding hydrogens is 224 g/mol. The Morgan fingerprint density at radius 3 is 2.50 bits per heavy atom. The van der Waals surface area contributed by atoms with Crippen LogP contribution in [-0.4, -0.2) is 36.3 Å². The van der Waals surface area contributed by atoms with E-state index in [1.165, 1.54) is 11.8 Å². The highest BCUT2D eigenvalue weighted by Crippen LogP contribution is 2.49. The van der Waals surface area contributed by atoms with Crippen molar-refractivity contribution in [3.8, 4) is 0 Å². The molecule has 0 amide bonds. The normalized spacial score (nSPS) is 23.2. The van der Waals surface area contributed by atoms with Crippen molar-refractivity contribution in [1.29, 1.82) is 0 Å². The second kappa shape index (κ2) is 5.07. The summed E-state index contributed by atoms with van der Waals surface area (Å²) in [7, 11) is 1.64. The number of carbonyl (C=O) groups is 1. The molecule has 1 rings (SSSR count). The fourth-order valence-corrected chi connectivity index (χ4v) is 2.25. The summed E-state index contributed by atoms with van der Waals surface area (Å²) in [6.07, 6.45) is 1.28. The quantitative estimate of drug-likeness (QED) is 0.675. The molecule has 0 aromatic heterocycles. The zero-order chi connectivity index (χ0) is 12.4. The number of thioether (sulfide) groups is 1. The molecule has 1 saturated carbocycles. The van der Waals surface area contributed by atoms with Crippen molar-refractivity contribution >= 4 is 16.9 Å². The Balaban J connectivity index is 2.35. The molecule has 1 fully saturated rings. The molecule has 1 aliphatic carbocycles. The van der Waals surface area contributed by atoms with Crippen molar-refractivity contribution in [3.63, 3.8) is 0 Å². The smallest absolute Gasteiger partial charge is 0.220 e. The van der Waals surface area contributed by atoms with Gasteiger partial charge in [0.2, 0.25) is 5.12 Å². The van der Waals surface area contributed by atoms with E-state index in [2.05, 4.69) is 13.8 Å². The lowest BCUT2D eigenvalue weighted by atomic mass is 10.1. The first-order valence-corrected chi connectivity index (χ1v) is 6.62. The molecule has 4 heteroatoms. The van der Waals surface area contributed by atoms with E-state index in [0.717, 1.165) is 6.42 Å². The van der Waals surface area contributed by atoms with Crippen molar-refractivity contribution in [1.82, 2.24) is 0 Å². The van der Waals surface area contributed by atoms with Gasteiger partial charge in [-0.3, -0.25) is 4.79 Å². The molecule has 0 aliphatic heterocycles. The summed E-state index contributed by atoms with van der Waals surface area (Å²) in [5.41, 5.74) is -0.439. The molecule has 0 radical (unpaired) electrons. The number of hydrogen-bond donors (Lipinski definition) is 0. The minimum Gasteiger partial charge on any atom is -0.384 e.